The van der Waals surface area contributed by atoms with Gasteiger partial charge in [0.05, 0.1) is 18.2 Å². The van der Waals surface area contributed by atoms with Crippen LogP contribution in [0.3, 0.4) is 0 Å². The maximum atomic E-state index is 14.0. The lowest BCUT2D eigenvalue weighted by Gasteiger charge is -2.25. The molecule has 32 heavy (non-hydrogen) atoms. The molecule has 5 nitrogen and oxygen atoms in total. The molecular weight excluding hydrogens is 429 g/mol. The van der Waals surface area contributed by atoms with Gasteiger partial charge in [-0.1, -0.05) is 6.07 Å². The Kier molecular flexibility index (Phi) is 5.60. The number of hydrogen-bond acceptors (Lipinski definition) is 5. The first kappa shape index (κ1) is 21.8. The molecule has 1 aliphatic heterocycles. The van der Waals surface area contributed by atoms with E-state index < -0.39 is 29.3 Å². The van der Waals surface area contributed by atoms with Crippen LogP contribution >= 0.6 is 11.3 Å². The number of thiophene rings is 1. The Hall–Kier alpha value is -3.45. The molecule has 1 amide bonds. The highest BCUT2D eigenvalue weighted by Crippen LogP contribution is 2.45. The van der Waals surface area contributed by atoms with Crippen molar-refractivity contribution in [2.75, 3.05) is 12.0 Å². The van der Waals surface area contributed by atoms with Crippen LogP contribution in [0.4, 0.5) is 10.1 Å². The molecule has 1 saturated heterocycles. The van der Waals surface area contributed by atoms with Crippen LogP contribution in [0.5, 0.6) is 5.75 Å². The number of aliphatic hydroxyl groups is 1. The number of rotatable bonds is 4. The molecule has 0 bridgehead atoms. The SMILES string of the molecule is COc1ccc(F)cc1/C(O)=C1/C(=O)C(=O)N(c2ccc(C)c(C)c2)C1c1sccc1C. The first-order valence-corrected chi connectivity index (χ1v) is 10.9. The van der Waals surface area contributed by atoms with E-state index in [1.807, 2.05) is 44.4 Å². The van der Waals surface area contributed by atoms with E-state index in [-0.39, 0.29) is 16.9 Å². The molecule has 1 aromatic heterocycles. The Bertz CT molecular complexity index is 1280. The van der Waals surface area contributed by atoms with Gasteiger partial charge in [0.2, 0.25) is 0 Å². The molecule has 3 aromatic rings. The van der Waals surface area contributed by atoms with Crippen LogP contribution in [-0.4, -0.2) is 23.9 Å². The highest BCUT2D eigenvalue weighted by atomic mass is 32.1. The van der Waals surface area contributed by atoms with E-state index in [2.05, 4.69) is 0 Å². The summed E-state index contributed by atoms with van der Waals surface area (Å²) < 4.78 is 19.3. The zero-order valence-electron chi connectivity index (χ0n) is 18.1. The van der Waals surface area contributed by atoms with Crippen LogP contribution in [0.2, 0.25) is 0 Å². The lowest BCUT2D eigenvalue weighted by Crippen LogP contribution is -2.29. The summed E-state index contributed by atoms with van der Waals surface area (Å²) in [6, 6.07) is 10.2. The van der Waals surface area contributed by atoms with Crippen molar-refractivity contribution >= 4 is 34.5 Å². The minimum absolute atomic E-state index is 0.0183. The third-order valence-electron chi connectivity index (χ3n) is 5.78. The number of nitrogens with zero attached hydrogens (tertiary/aromatic N) is 1. The smallest absolute Gasteiger partial charge is 0.300 e. The average molecular weight is 452 g/mol. The molecule has 1 unspecified atom stereocenters. The summed E-state index contributed by atoms with van der Waals surface area (Å²) in [5.41, 5.74) is 3.38. The monoisotopic (exact) mass is 451 g/mol. The van der Waals surface area contributed by atoms with E-state index >= 15 is 0 Å². The fraction of sp³-hybridized carbons (Fsp3) is 0.200. The molecule has 0 saturated carbocycles. The van der Waals surface area contributed by atoms with E-state index in [1.54, 1.807) is 6.07 Å². The van der Waals surface area contributed by atoms with Gasteiger partial charge in [0.1, 0.15) is 23.4 Å². The van der Waals surface area contributed by atoms with Crippen LogP contribution in [-0.2, 0) is 9.59 Å². The summed E-state index contributed by atoms with van der Waals surface area (Å²) in [4.78, 5) is 28.6. The number of methoxy groups -OCH3 is 1. The Morgan fingerprint density at radius 1 is 1.03 bits per heavy atom. The second-order valence-electron chi connectivity index (χ2n) is 7.75. The minimum Gasteiger partial charge on any atom is -0.507 e. The molecule has 1 N–H and O–H groups in total. The summed E-state index contributed by atoms with van der Waals surface area (Å²) >= 11 is 1.39. The van der Waals surface area contributed by atoms with Gasteiger partial charge in [-0.05, 0) is 79.2 Å². The van der Waals surface area contributed by atoms with E-state index in [1.165, 1.54) is 35.5 Å². The lowest BCUT2D eigenvalue weighted by molar-refractivity contribution is -0.132. The first-order valence-electron chi connectivity index (χ1n) is 10.0. The van der Waals surface area contributed by atoms with Crippen molar-refractivity contribution in [2.45, 2.75) is 26.8 Å². The number of ketones is 1. The van der Waals surface area contributed by atoms with Crippen LogP contribution in [0, 0.1) is 26.6 Å². The summed E-state index contributed by atoms with van der Waals surface area (Å²) in [7, 11) is 1.39. The second kappa shape index (κ2) is 8.24. The van der Waals surface area contributed by atoms with Crippen molar-refractivity contribution in [3.8, 4) is 5.75 Å². The number of ether oxygens (including phenoxy) is 1. The van der Waals surface area contributed by atoms with E-state index in [9.17, 15) is 19.1 Å². The van der Waals surface area contributed by atoms with E-state index in [0.29, 0.717) is 5.69 Å². The Labute approximate surface area is 189 Å². The van der Waals surface area contributed by atoms with Crippen LogP contribution in [0.15, 0.2) is 53.4 Å². The topological polar surface area (TPSA) is 66.8 Å². The quantitative estimate of drug-likeness (QED) is 0.326. The lowest BCUT2D eigenvalue weighted by atomic mass is 9.97. The Morgan fingerprint density at radius 3 is 2.41 bits per heavy atom. The van der Waals surface area contributed by atoms with Gasteiger partial charge in [-0.25, -0.2) is 4.39 Å². The van der Waals surface area contributed by atoms with Gasteiger partial charge >= 0.3 is 0 Å². The number of anilines is 1. The third kappa shape index (κ3) is 3.48. The molecule has 0 radical (unpaired) electrons. The number of carbonyl (C=O) groups excluding carboxylic acids is 2. The number of hydrogen-bond donors (Lipinski definition) is 1. The number of carbonyl (C=O) groups is 2. The largest absolute Gasteiger partial charge is 0.507 e. The van der Waals surface area contributed by atoms with Gasteiger partial charge < -0.3 is 9.84 Å². The second-order valence-corrected chi connectivity index (χ2v) is 8.70. The van der Waals surface area contributed by atoms with Gasteiger partial charge in [0.15, 0.2) is 0 Å². The summed E-state index contributed by atoms with van der Waals surface area (Å²) in [6.07, 6.45) is 0. The van der Waals surface area contributed by atoms with Gasteiger partial charge in [0.25, 0.3) is 11.7 Å². The summed E-state index contributed by atoms with van der Waals surface area (Å²) in [6.45, 7) is 5.78. The number of aliphatic hydroxyl groups excluding tert-OH is 1. The molecule has 2 aromatic carbocycles. The highest BCUT2D eigenvalue weighted by Gasteiger charge is 2.48. The standard InChI is InChI=1S/C25H22FNO4S/c1-13-5-7-17(11-15(13)3)27-21(24-14(2)9-10-32-24)20(23(29)25(27)30)22(28)18-12-16(26)6-8-19(18)31-4/h5-12,21,28H,1-4H3/b22-20-. The van der Waals surface area contributed by atoms with Crippen molar-refractivity contribution in [2.24, 2.45) is 0 Å². The summed E-state index contributed by atoms with van der Waals surface area (Å²) in [5.74, 6) is -2.45. The number of benzene rings is 2. The molecule has 1 fully saturated rings. The fourth-order valence-electron chi connectivity index (χ4n) is 3.90. The molecule has 7 heteroatoms. The Balaban J connectivity index is 2.00. The van der Waals surface area contributed by atoms with Gasteiger partial charge in [-0.3, -0.25) is 14.5 Å². The maximum Gasteiger partial charge on any atom is 0.300 e. The maximum absolute atomic E-state index is 14.0. The molecular formula is C25H22FNO4S. The predicted octanol–water partition coefficient (Wildman–Crippen LogP) is 5.45. The molecule has 1 aliphatic rings. The zero-order chi connectivity index (χ0) is 23.2. The van der Waals surface area contributed by atoms with Crippen LogP contribution < -0.4 is 9.64 Å². The summed E-state index contributed by atoms with van der Waals surface area (Å²) in [5, 5.41) is 13.1. The van der Waals surface area contributed by atoms with Gasteiger partial charge in [-0.2, -0.15) is 0 Å². The Morgan fingerprint density at radius 2 is 1.78 bits per heavy atom. The predicted molar refractivity (Wildman–Crippen MR) is 123 cm³/mol. The van der Waals surface area contributed by atoms with Crippen molar-refractivity contribution in [3.63, 3.8) is 0 Å². The zero-order valence-corrected chi connectivity index (χ0v) is 18.9. The average Bonchev–Trinajstić information content (AvgIpc) is 3.30. The van der Waals surface area contributed by atoms with Crippen molar-refractivity contribution in [3.05, 3.63) is 86.4 Å². The number of Topliss-reactive ketones (excluding diaryl/α,β-unsaturated/α-hetero) is 1. The van der Waals surface area contributed by atoms with Crippen molar-refractivity contribution in [1.82, 2.24) is 0 Å². The van der Waals surface area contributed by atoms with Gasteiger partial charge in [-0.15, -0.1) is 11.3 Å². The molecule has 2 heterocycles. The molecule has 0 spiro atoms. The molecule has 4 rings (SSSR count). The highest BCUT2D eigenvalue weighted by molar-refractivity contribution is 7.10. The molecule has 164 valence electrons. The molecule has 0 aliphatic carbocycles. The number of amides is 1. The van der Waals surface area contributed by atoms with Gasteiger partial charge in [0, 0.05) is 10.6 Å². The number of halogens is 1. The van der Waals surface area contributed by atoms with Crippen molar-refractivity contribution < 1.29 is 23.8 Å². The van der Waals surface area contributed by atoms with E-state index in [0.717, 1.165) is 27.6 Å². The van der Waals surface area contributed by atoms with E-state index in [4.69, 9.17) is 4.74 Å². The minimum atomic E-state index is -0.843. The van der Waals surface area contributed by atoms with Crippen molar-refractivity contribution in [1.29, 1.82) is 0 Å². The fourth-order valence-corrected chi connectivity index (χ4v) is 4.92. The third-order valence-corrected chi connectivity index (χ3v) is 6.85. The number of aryl methyl sites for hydroxylation is 3. The van der Waals surface area contributed by atoms with Crippen LogP contribution in [0.25, 0.3) is 5.76 Å². The first-order chi connectivity index (χ1) is 15.2. The van der Waals surface area contributed by atoms with Crippen LogP contribution in [0.1, 0.15) is 33.2 Å². The molecule has 1 atom stereocenters. The normalized spacial score (nSPS) is 17.8.